The lowest BCUT2D eigenvalue weighted by molar-refractivity contribution is -0.147. The summed E-state index contributed by atoms with van der Waals surface area (Å²) in [6.07, 6.45) is 4.49. The van der Waals surface area contributed by atoms with Gasteiger partial charge in [0.15, 0.2) is 0 Å². The molecule has 1 aromatic rings. The van der Waals surface area contributed by atoms with E-state index in [1.54, 1.807) is 6.20 Å². The molecule has 2 N–H and O–H groups in total. The fourth-order valence-electron chi connectivity index (χ4n) is 3.17. The highest BCUT2D eigenvalue weighted by molar-refractivity contribution is 5.87. The van der Waals surface area contributed by atoms with Gasteiger partial charge in [-0.2, -0.15) is 0 Å². The molecule has 1 heterocycles. The number of carboxylic acids is 1. The first-order chi connectivity index (χ1) is 11.8. The lowest BCUT2D eigenvalue weighted by atomic mass is 9.92. The number of nitrogens with zero attached hydrogens (tertiary/aromatic N) is 1. The number of fused-ring (bicyclic) bond motifs is 1. The Labute approximate surface area is 147 Å². The average molecular weight is 344 g/mol. The fraction of sp³-hybridized carbons (Fsp3) is 0.421. The van der Waals surface area contributed by atoms with Crippen LogP contribution in [0.5, 0.6) is 0 Å². The maximum atomic E-state index is 12.5. The Bertz CT molecular complexity index is 713. The van der Waals surface area contributed by atoms with Crippen LogP contribution in [0.2, 0.25) is 0 Å². The van der Waals surface area contributed by atoms with Crippen molar-refractivity contribution < 1.29 is 19.5 Å². The maximum absolute atomic E-state index is 12.5. The molecular weight excluding hydrogens is 320 g/mol. The van der Waals surface area contributed by atoms with E-state index in [-0.39, 0.29) is 18.2 Å². The first-order valence-electron chi connectivity index (χ1n) is 8.39. The molecule has 1 aliphatic rings. The Kier molecular flexibility index (Phi) is 5.62. The standard InChI is InChI=1S/C19H24N2O4/c1-4-10-19(3,18(24)25)20-17(23)12-16-15-8-6-5-7-14(15)9-11-21(16)13(2)22/h5-9,11,16H,4,10,12H2,1-3H3,(H,20,23)(H,24,25). The maximum Gasteiger partial charge on any atom is 0.329 e. The number of hydrogen-bond acceptors (Lipinski definition) is 3. The molecule has 1 aliphatic heterocycles. The van der Waals surface area contributed by atoms with Crippen LogP contribution < -0.4 is 5.32 Å². The quantitative estimate of drug-likeness (QED) is 0.831. The van der Waals surface area contributed by atoms with E-state index in [4.69, 9.17) is 0 Å². The topological polar surface area (TPSA) is 86.7 Å². The van der Waals surface area contributed by atoms with E-state index >= 15 is 0 Å². The summed E-state index contributed by atoms with van der Waals surface area (Å²) in [6, 6.07) is 7.12. The van der Waals surface area contributed by atoms with Crippen LogP contribution in [-0.4, -0.2) is 33.3 Å². The second kappa shape index (κ2) is 7.51. The molecule has 0 fully saturated rings. The van der Waals surface area contributed by atoms with Crippen molar-refractivity contribution in [2.24, 2.45) is 0 Å². The van der Waals surface area contributed by atoms with Crippen LogP contribution in [0.15, 0.2) is 30.5 Å². The number of aliphatic carboxylic acids is 1. The molecule has 1 aromatic carbocycles. The van der Waals surface area contributed by atoms with E-state index in [1.807, 2.05) is 37.3 Å². The molecule has 2 unspecified atom stereocenters. The van der Waals surface area contributed by atoms with Gasteiger partial charge in [0, 0.05) is 13.1 Å². The van der Waals surface area contributed by atoms with Crippen molar-refractivity contribution in [1.29, 1.82) is 0 Å². The zero-order valence-electron chi connectivity index (χ0n) is 14.8. The first-order valence-corrected chi connectivity index (χ1v) is 8.39. The van der Waals surface area contributed by atoms with Crippen molar-refractivity contribution in [2.45, 2.75) is 51.6 Å². The SMILES string of the molecule is CCCC(C)(NC(=O)CC1c2ccccc2C=CN1C(C)=O)C(=O)O. The zero-order chi connectivity index (χ0) is 18.6. The molecule has 0 aromatic heterocycles. The summed E-state index contributed by atoms with van der Waals surface area (Å²) in [6.45, 7) is 4.82. The molecule has 0 spiro atoms. The predicted molar refractivity (Wildman–Crippen MR) is 94.4 cm³/mol. The summed E-state index contributed by atoms with van der Waals surface area (Å²) in [5, 5.41) is 12.1. The van der Waals surface area contributed by atoms with Crippen LogP contribution in [0.1, 0.15) is 57.2 Å². The van der Waals surface area contributed by atoms with Gasteiger partial charge in [0.05, 0.1) is 12.5 Å². The van der Waals surface area contributed by atoms with E-state index in [0.29, 0.717) is 12.8 Å². The Balaban J connectivity index is 2.23. The predicted octanol–water partition coefficient (Wildman–Crippen LogP) is 2.71. The van der Waals surface area contributed by atoms with Crippen LogP contribution in [0, 0.1) is 0 Å². The summed E-state index contributed by atoms with van der Waals surface area (Å²) in [4.78, 5) is 37.5. The monoisotopic (exact) mass is 344 g/mol. The minimum atomic E-state index is -1.31. The van der Waals surface area contributed by atoms with E-state index in [2.05, 4.69) is 5.32 Å². The number of rotatable bonds is 6. The van der Waals surface area contributed by atoms with Gasteiger partial charge in [0.1, 0.15) is 5.54 Å². The third-order valence-corrected chi connectivity index (χ3v) is 4.49. The number of amides is 2. The molecule has 2 rings (SSSR count). The highest BCUT2D eigenvalue weighted by Crippen LogP contribution is 2.33. The van der Waals surface area contributed by atoms with E-state index < -0.39 is 17.6 Å². The Morgan fingerprint density at radius 2 is 1.96 bits per heavy atom. The summed E-state index contributed by atoms with van der Waals surface area (Å²) < 4.78 is 0. The van der Waals surface area contributed by atoms with Gasteiger partial charge in [0.25, 0.3) is 0 Å². The number of hydrogen-bond donors (Lipinski definition) is 2. The van der Waals surface area contributed by atoms with Gasteiger partial charge in [0.2, 0.25) is 11.8 Å². The average Bonchev–Trinajstić information content (AvgIpc) is 2.54. The van der Waals surface area contributed by atoms with Crippen LogP contribution >= 0.6 is 0 Å². The summed E-state index contributed by atoms with van der Waals surface area (Å²) in [7, 11) is 0. The molecule has 0 aliphatic carbocycles. The molecule has 6 nitrogen and oxygen atoms in total. The van der Waals surface area contributed by atoms with Gasteiger partial charge in [-0.05, 0) is 30.5 Å². The fourth-order valence-corrected chi connectivity index (χ4v) is 3.17. The Hall–Kier alpha value is -2.63. The van der Waals surface area contributed by atoms with Gasteiger partial charge >= 0.3 is 5.97 Å². The van der Waals surface area contributed by atoms with E-state index in [1.165, 1.54) is 18.7 Å². The molecule has 0 bridgehead atoms. The van der Waals surface area contributed by atoms with Gasteiger partial charge in [-0.3, -0.25) is 9.59 Å². The minimum absolute atomic E-state index is 0.00746. The van der Waals surface area contributed by atoms with E-state index in [9.17, 15) is 19.5 Å². The molecule has 0 saturated heterocycles. The first kappa shape index (κ1) is 18.7. The molecule has 134 valence electrons. The third-order valence-electron chi connectivity index (χ3n) is 4.49. The Morgan fingerprint density at radius 1 is 1.28 bits per heavy atom. The lowest BCUT2D eigenvalue weighted by Gasteiger charge is -2.33. The number of carbonyl (C=O) groups excluding carboxylic acids is 2. The van der Waals surface area contributed by atoms with E-state index in [0.717, 1.165) is 11.1 Å². The lowest BCUT2D eigenvalue weighted by Crippen LogP contribution is -2.52. The smallest absolute Gasteiger partial charge is 0.329 e. The molecule has 2 atom stereocenters. The highest BCUT2D eigenvalue weighted by atomic mass is 16.4. The van der Waals surface area contributed by atoms with Gasteiger partial charge in [-0.25, -0.2) is 4.79 Å². The summed E-state index contributed by atoms with van der Waals surface area (Å²) in [5.41, 5.74) is 0.520. The largest absolute Gasteiger partial charge is 0.480 e. The van der Waals surface area contributed by atoms with Crippen molar-refractivity contribution in [1.82, 2.24) is 10.2 Å². The van der Waals surface area contributed by atoms with Crippen LogP contribution in [0.4, 0.5) is 0 Å². The molecular formula is C19H24N2O4. The minimum Gasteiger partial charge on any atom is -0.480 e. The number of benzene rings is 1. The Morgan fingerprint density at radius 3 is 2.56 bits per heavy atom. The second-order valence-corrected chi connectivity index (χ2v) is 6.53. The van der Waals surface area contributed by atoms with Crippen molar-refractivity contribution in [3.8, 4) is 0 Å². The molecule has 0 radical (unpaired) electrons. The van der Waals surface area contributed by atoms with Gasteiger partial charge < -0.3 is 15.3 Å². The number of nitrogens with one attached hydrogen (secondary N) is 1. The van der Waals surface area contributed by atoms with Crippen molar-refractivity contribution >= 4 is 23.9 Å². The molecule has 2 amide bonds. The second-order valence-electron chi connectivity index (χ2n) is 6.53. The third kappa shape index (κ3) is 4.07. The van der Waals surface area contributed by atoms with Crippen LogP contribution in [0.25, 0.3) is 6.08 Å². The van der Waals surface area contributed by atoms with Crippen LogP contribution in [0.3, 0.4) is 0 Å². The summed E-state index contributed by atoms with van der Waals surface area (Å²) in [5.74, 6) is -1.62. The van der Waals surface area contributed by atoms with Crippen molar-refractivity contribution in [3.05, 3.63) is 41.6 Å². The normalized spacial score (nSPS) is 18.2. The molecule has 0 saturated carbocycles. The number of carboxylic acid groups (broad SMARTS) is 1. The summed E-state index contributed by atoms with van der Waals surface area (Å²) >= 11 is 0. The van der Waals surface area contributed by atoms with Crippen molar-refractivity contribution in [2.75, 3.05) is 0 Å². The van der Waals surface area contributed by atoms with Gasteiger partial charge in [-0.1, -0.05) is 37.6 Å². The van der Waals surface area contributed by atoms with Crippen molar-refractivity contribution in [3.63, 3.8) is 0 Å². The highest BCUT2D eigenvalue weighted by Gasteiger charge is 2.35. The van der Waals surface area contributed by atoms with Gasteiger partial charge in [-0.15, -0.1) is 0 Å². The van der Waals surface area contributed by atoms with Crippen LogP contribution in [-0.2, 0) is 14.4 Å². The molecule has 25 heavy (non-hydrogen) atoms. The number of carbonyl (C=O) groups is 3. The zero-order valence-corrected chi connectivity index (χ0v) is 14.8. The molecule has 6 heteroatoms.